The molecule has 0 bridgehead atoms. The fraction of sp³-hybridized carbons (Fsp3) is 0.0800. The van der Waals surface area contributed by atoms with Crippen LogP contribution in [0.15, 0.2) is 90.0 Å². The van der Waals surface area contributed by atoms with Crippen molar-refractivity contribution in [3.63, 3.8) is 0 Å². The maximum absolute atomic E-state index is 12.3. The van der Waals surface area contributed by atoms with Crippen molar-refractivity contribution < 1.29 is 9.53 Å². The average molecular weight is 410 g/mol. The third kappa shape index (κ3) is 5.45. The number of carbonyl (C=O) groups excluding carboxylic acids is 1. The van der Waals surface area contributed by atoms with Crippen LogP contribution in [0.5, 0.6) is 5.75 Å². The third-order valence-electron chi connectivity index (χ3n) is 4.66. The second kappa shape index (κ2) is 9.54. The molecule has 31 heavy (non-hydrogen) atoms. The maximum atomic E-state index is 12.3. The molecule has 0 aliphatic carbocycles. The molecule has 0 aliphatic rings. The zero-order valence-electron chi connectivity index (χ0n) is 17.1. The Morgan fingerprint density at radius 3 is 2.65 bits per heavy atom. The number of aromatic nitrogens is 2. The molecular formula is C25H22N4O2. The molecule has 2 N–H and O–H groups in total. The van der Waals surface area contributed by atoms with Gasteiger partial charge >= 0.3 is 0 Å². The summed E-state index contributed by atoms with van der Waals surface area (Å²) in [5.74, 6) is 0.369. The molecule has 4 rings (SSSR count). The van der Waals surface area contributed by atoms with Crippen LogP contribution >= 0.6 is 0 Å². The molecule has 0 unspecified atom stereocenters. The molecule has 0 saturated heterocycles. The number of hydrogen-bond donors (Lipinski definition) is 2. The number of hydrogen-bond acceptors (Lipinski definition) is 4. The highest BCUT2D eigenvalue weighted by Gasteiger charge is 2.10. The van der Waals surface area contributed by atoms with Crippen LogP contribution in [0.4, 0.5) is 0 Å². The van der Waals surface area contributed by atoms with Gasteiger partial charge in [0.25, 0.3) is 5.91 Å². The summed E-state index contributed by atoms with van der Waals surface area (Å²) in [6.07, 6.45) is 1.57. The van der Waals surface area contributed by atoms with Crippen LogP contribution in [0.1, 0.15) is 27.2 Å². The molecule has 1 aromatic heterocycles. The van der Waals surface area contributed by atoms with Gasteiger partial charge < -0.3 is 4.74 Å². The van der Waals surface area contributed by atoms with E-state index in [9.17, 15) is 4.79 Å². The number of carbonyl (C=O) groups is 1. The van der Waals surface area contributed by atoms with Gasteiger partial charge in [0.2, 0.25) is 0 Å². The van der Waals surface area contributed by atoms with Crippen LogP contribution in [0, 0.1) is 6.92 Å². The number of ether oxygens (including phenoxy) is 1. The molecular weight excluding hydrogens is 388 g/mol. The lowest BCUT2D eigenvalue weighted by Crippen LogP contribution is -2.18. The first kappa shape index (κ1) is 20.1. The molecule has 6 heteroatoms. The predicted molar refractivity (Wildman–Crippen MR) is 121 cm³/mol. The number of amides is 1. The van der Waals surface area contributed by atoms with Crippen molar-refractivity contribution in [3.05, 3.63) is 107 Å². The summed E-state index contributed by atoms with van der Waals surface area (Å²) in [4.78, 5) is 12.3. The fourth-order valence-electron chi connectivity index (χ4n) is 2.96. The molecule has 3 aromatic carbocycles. The van der Waals surface area contributed by atoms with E-state index in [-0.39, 0.29) is 5.91 Å². The molecule has 0 aliphatic heterocycles. The van der Waals surface area contributed by atoms with Gasteiger partial charge in [-0.05, 0) is 36.2 Å². The van der Waals surface area contributed by atoms with E-state index >= 15 is 0 Å². The Morgan fingerprint density at radius 1 is 1.03 bits per heavy atom. The van der Waals surface area contributed by atoms with E-state index in [2.05, 4.69) is 20.7 Å². The quantitative estimate of drug-likeness (QED) is 0.342. The molecule has 0 spiro atoms. The molecule has 0 fully saturated rings. The molecule has 1 amide bonds. The summed E-state index contributed by atoms with van der Waals surface area (Å²) in [7, 11) is 0. The van der Waals surface area contributed by atoms with Gasteiger partial charge in [-0.1, -0.05) is 72.3 Å². The topological polar surface area (TPSA) is 79.4 Å². The Hall–Kier alpha value is -4.19. The van der Waals surface area contributed by atoms with Gasteiger partial charge in [-0.25, -0.2) is 5.43 Å². The number of H-pyrrole nitrogens is 1. The molecule has 4 aromatic rings. The number of nitrogens with zero attached hydrogens (tertiary/aromatic N) is 2. The summed E-state index contributed by atoms with van der Waals surface area (Å²) in [5.41, 5.74) is 7.58. The molecule has 6 nitrogen and oxygen atoms in total. The number of nitrogens with one attached hydrogen (secondary N) is 2. The van der Waals surface area contributed by atoms with Crippen molar-refractivity contribution in [2.24, 2.45) is 5.10 Å². The third-order valence-corrected chi connectivity index (χ3v) is 4.66. The van der Waals surface area contributed by atoms with E-state index in [1.807, 2.05) is 85.8 Å². The molecule has 0 atom stereocenters. The number of hydrazone groups is 1. The Balaban J connectivity index is 1.34. The Labute approximate surface area is 180 Å². The zero-order valence-corrected chi connectivity index (χ0v) is 17.1. The van der Waals surface area contributed by atoms with Gasteiger partial charge in [-0.15, -0.1) is 0 Å². The standard InChI is InChI=1S/C25H22N4O2/c1-18-10-12-21(13-11-18)23-15-24(28-27-23)25(30)29-26-16-20-8-5-9-22(14-20)31-17-19-6-3-2-4-7-19/h2-16H,17H2,1H3,(H,27,28)(H,29,30)/b26-16-. The van der Waals surface area contributed by atoms with Crippen LogP contribution in [-0.4, -0.2) is 22.3 Å². The fourth-order valence-corrected chi connectivity index (χ4v) is 2.96. The van der Waals surface area contributed by atoms with Crippen molar-refractivity contribution in [1.82, 2.24) is 15.6 Å². The highest BCUT2D eigenvalue weighted by Crippen LogP contribution is 2.18. The van der Waals surface area contributed by atoms with E-state index in [0.717, 1.165) is 22.4 Å². The molecule has 0 radical (unpaired) electrons. The lowest BCUT2D eigenvalue weighted by molar-refractivity contribution is 0.0950. The second-order valence-electron chi connectivity index (χ2n) is 7.08. The van der Waals surface area contributed by atoms with Crippen LogP contribution < -0.4 is 10.2 Å². The van der Waals surface area contributed by atoms with Gasteiger partial charge in [0, 0.05) is 5.56 Å². The van der Waals surface area contributed by atoms with Gasteiger partial charge in [0.15, 0.2) is 0 Å². The lowest BCUT2D eigenvalue weighted by atomic mass is 10.1. The monoisotopic (exact) mass is 410 g/mol. The molecule has 154 valence electrons. The number of aromatic amines is 1. The van der Waals surface area contributed by atoms with E-state index in [4.69, 9.17) is 4.74 Å². The summed E-state index contributed by atoms with van der Waals surface area (Å²) in [6, 6.07) is 27.1. The van der Waals surface area contributed by atoms with Crippen molar-refractivity contribution >= 4 is 12.1 Å². The highest BCUT2D eigenvalue weighted by molar-refractivity contribution is 5.94. The van der Waals surface area contributed by atoms with E-state index in [1.165, 1.54) is 5.56 Å². The smallest absolute Gasteiger partial charge is 0.289 e. The van der Waals surface area contributed by atoms with Gasteiger partial charge in [-0.3, -0.25) is 9.89 Å². The Bertz CT molecular complexity index is 1180. The molecule has 0 saturated carbocycles. The highest BCUT2D eigenvalue weighted by atomic mass is 16.5. The van der Waals surface area contributed by atoms with Crippen molar-refractivity contribution in [1.29, 1.82) is 0 Å². The predicted octanol–water partition coefficient (Wildman–Crippen LogP) is 4.73. The average Bonchev–Trinajstić information content (AvgIpc) is 3.30. The van der Waals surface area contributed by atoms with Gasteiger partial charge in [0.1, 0.15) is 18.1 Å². The SMILES string of the molecule is Cc1ccc(-c2cc(C(=O)N/N=C\c3cccc(OCc4ccccc4)c3)[nH]n2)cc1. The summed E-state index contributed by atoms with van der Waals surface area (Å²) >= 11 is 0. The minimum atomic E-state index is -0.362. The van der Waals surface area contributed by atoms with Gasteiger partial charge in [0.05, 0.1) is 11.9 Å². The van der Waals surface area contributed by atoms with Crippen molar-refractivity contribution in [2.45, 2.75) is 13.5 Å². The van der Waals surface area contributed by atoms with Crippen molar-refractivity contribution in [2.75, 3.05) is 0 Å². The molecule has 1 heterocycles. The minimum absolute atomic E-state index is 0.340. The van der Waals surface area contributed by atoms with Crippen LogP contribution in [0.2, 0.25) is 0 Å². The summed E-state index contributed by atoms with van der Waals surface area (Å²) in [6.45, 7) is 2.51. The van der Waals surface area contributed by atoms with Crippen LogP contribution in [0.3, 0.4) is 0 Å². The number of aryl methyl sites for hydroxylation is 1. The Morgan fingerprint density at radius 2 is 1.84 bits per heavy atom. The number of rotatable bonds is 7. The summed E-state index contributed by atoms with van der Waals surface area (Å²) < 4.78 is 5.82. The normalized spacial score (nSPS) is 10.9. The zero-order chi connectivity index (χ0) is 21.5. The maximum Gasteiger partial charge on any atom is 0.289 e. The largest absolute Gasteiger partial charge is 0.489 e. The first-order valence-corrected chi connectivity index (χ1v) is 9.90. The number of benzene rings is 3. The van der Waals surface area contributed by atoms with Crippen LogP contribution in [0.25, 0.3) is 11.3 Å². The first-order valence-electron chi connectivity index (χ1n) is 9.90. The Kier molecular flexibility index (Phi) is 6.18. The minimum Gasteiger partial charge on any atom is -0.489 e. The second-order valence-corrected chi connectivity index (χ2v) is 7.08. The van der Waals surface area contributed by atoms with Crippen LogP contribution in [-0.2, 0) is 6.61 Å². The van der Waals surface area contributed by atoms with E-state index < -0.39 is 0 Å². The van der Waals surface area contributed by atoms with Gasteiger partial charge in [-0.2, -0.15) is 10.2 Å². The van der Waals surface area contributed by atoms with Crippen molar-refractivity contribution in [3.8, 4) is 17.0 Å². The van der Waals surface area contributed by atoms with E-state index in [0.29, 0.717) is 18.0 Å². The summed E-state index contributed by atoms with van der Waals surface area (Å²) in [5, 5.41) is 11.0. The van der Waals surface area contributed by atoms with E-state index in [1.54, 1.807) is 12.3 Å². The first-order chi connectivity index (χ1) is 15.2. The lowest BCUT2D eigenvalue weighted by Gasteiger charge is -2.06.